The normalized spacial score (nSPS) is 17.0. The number of nitrogens with one attached hydrogen (secondary N) is 1. The molecule has 1 aliphatic heterocycles. The Bertz CT molecular complexity index is 693. The fraction of sp³-hybridized carbons (Fsp3) is 0.286. The van der Waals surface area contributed by atoms with Crippen molar-refractivity contribution in [2.45, 2.75) is 26.0 Å². The lowest BCUT2D eigenvalue weighted by atomic mass is 10.2. The molecule has 1 aliphatic rings. The highest BCUT2D eigenvalue weighted by atomic mass is 79.9. The molecule has 0 aliphatic carbocycles. The van der Waals surface area contributed by atoms with Crippen LogP contribution in [0.2, 0.25) is 0 Å². The molecule has 0 amide bonds. The number of rotatable bonds is 3. The van der Waals surface area contributed by atoms with Crippen LogP contribution >= 0.6 is 15.9 Å². The molecule has 2 rings (SSSR count). The molecule has 1 aromatic carbocycles. The van der Waals surface area contributed by atoms with Crippen molar-refractivity contribution in [3.63, 3.8) is 0 Å². The van der Waals surface area contributed by atoms with Crippen molar-refractivity contribution in [2.75, 3.05) is 5.32 Å². The van der Waals surface area contributed by atoms with Gasteiger partial charge in [-0.05, 0) is 34.1 Å². The van der Waals surface area contributed by atoms with Crippen LogP contribution < -0.4 is 10.1 Å². The minimum atomic E-state index is -4.82. The van der Waals surface area contributed by atoms with Crippen molar-refractivity contribution in [1.82, 2.24) is 0 Å². The van der Waals surface area contributed by atoms with E-state index in [0.29, 0.717) is 5.69 Å². The van der Waals surface area contributed by atoms with Crippen molar-refractivity contribution in [2.24, 2.45) is 0 Å². The number of cyclic esters (lactones) is 2. The summed E-state index contributed by atoms with van der Waals surface area (Å²) in [6.07, 6.45) is -3.77. The zero-order valence-corrected chi connectivity index (χ0v) is 13.9. The van der Waals surface area contributed by atoms with E-state index in [1.165, 1.54) is 26.0 Å². The fourth-order valence-electron chi connectivity index (χ4n) is 1.73. The summed E-state index contributed by atoms with van der Waals surface area (Å²) in [4.78, 5) is 23.5. The lowest BCUT2D eigenvalue weighted by molar-refractivity contribution is -0.274. The highest BCUT2D eigenvalue weighted by Crippen LogP contribution is 2.32. The Kier molecular flexibility index (Phi) is 4.79. The fourth-order valence-corrected chi connectivity index (χ4v) is 2.19. The maximum absolute atomic E-state index is 12.2. The van der Waals surface area contributed by atoms with Crippen molar-refractivity contribution < 1.29 is 37.0 Å². The molecule has 10 heteroatoms. The largest absolute Gasteiger partial charge is 0.573 e. The van der Waals surface area contributed by atoms with Crippen LogP contribution in [-0.2, 0) is 19.1 Å². The molecule has 0 spiro atoms. The molecule has 0 unspecified atom stereocenters. The highest BCUT2D eigenvalue weighted by Gasteiger charge is 2.39. The highest BCUT2D eigenvalue weighted by molar-refractivity contribution is 9.10. The molecule has 0 saturated carbocycles. The van der Waals surface area contributed by atoms with Gasteiger partial charge in [-0.15, -0.1) is 13.2 Å². The van der Waals surface area contributed by atoms with Crippen LogP contribution in [0.1, 0.15) is 13.8 Å². The Hall–Kier alpha value is -2.23. The first kappa shape index (κ1) is 18.1. The number of anilines is 1. The summed E-state index contributed by atoms with van der Waals surface area (Å²) >= 11 is 2.94. The average Bonchev–Trinajstić information content (AvgIpc) is 2.38. The lowest BCUT2D eigenvalue weighted by Crippen LogP contribution is -2.42. The van der Waals surface area contributed by atoms with Crippen LogP contribution in [0.15, 0.2) is 34.4 Å². The number of hydrogen-bond acceptors (Lipinski definition) is 6. The summed E-state index contributed by atoms with van der Waals surface area (Å²) in [6.45, 7) is 2.81. The minimum absolute atomic E-state index is 0.0261. The summed E-state index contributed by atoms with van der Waals surface area (Å²) < 4.78 is 50.2. The van der Waals surface area contributed by atoms with Gasteiger partial charge in [-0.3, -0.25) is 0 Å². The number of benzene rings is 1. The van der Waals surface area contributed by atoms with Crippen LogP contribution in [-0.4, -0.2) is 24.1 Å². The molecule has 0 aromatic heterocycles. The molecule has 24 heavy (non-hydrogen) atoms. The molecule has 1 heterocycles. The van der Waals surface area contributed by atoms with E-state index in [2.05, 4.69) is 26.0 Å². The Morgan fingerprint density at radius 2 is 1.79 bits per heavy atom. The smallest absolute Gasteiger partial charge is 0.419 e. The van der Waals surface area contributed by atoms with Crippen LogP contribution in [0.4, 0.5) is 18.9 Å². The molecule has 130 valence electrons. The van der Waals surface area contributed by atoms with Crippen molar-refractivity contribution in [3.8, 4) is 5.75 Å². The summed E-state index contributed by atoms with van der Waals surface area (Å²) in [5.41, 5.74) is -0.0737. The summed E-state index contributed by atoms with van der Waals surface area (Å²) in [6, 6.07) is 3.62. The quantitative estimate of drug-likeness (QED) is 0.468. The number of carbonyl (C=O) groups is 2. The van der Waals surface area contributed by atoms with Gasteiger partial charge in [0, 0.05) is 25.7 Å². The average molecular weight is 410 g/mol. The predicted molar refractivity (Wildman–Crippen MR) is 78.8 cm³/mol. The first-order valence-corrected chi connectivity index (χ1v) is 7.25. The molecular weight excluding hydrogens is 399 g/mol. The SMILES string of the molecule is CC1(C)OC(=O)C(=CNc2ccc(OC(F)(F)F)c(Br)c2)C(=O)O1. The van der Waals surface area contributed by atoms with Crippen molar-refractivity contribution in [1.29, 1.82) is 0 Å². The second-order valence-electron chi connectivity index (χ2n) is 5.07. The maximum Gasteiger partial charge on any atom is 0.573 e. The van der Waals surface area contributed by atoms with Gasteiger partial charge in [0.05, 0.1) is 4.47 Å². The third-order valence-corrected chi connectivity index (χ3v) is 3.28. The maximum atomic E-state index is 12.2. The first-order valence-electron chi connectivity index (χ1n) is 6.45. The summed E-state index contributed by atoms with van der Waals surface area (Å²) in [5, 5.41) is 2.60. The van der Waals surface area contributed by atoms with Gasteiger partial charge >= 0.3 is 18.3 Å². The van der Waals surface area contributed by atoms with E-state index in [1.807, 2.05) is 0 Å². The van der Waals surface area contributed by atoms with E-state index >= 15 is 0 Å². The van der Waals surface area contributed by atoms with E-state index in [9.17, 15) is 22.8 Å². The van der Waals surface area contributed by atoms with Gasteiger partial charge < -0.3 is 19.5 Å². The molecule has 1 fully saturated rings. The van der Waals surface area contributed by atoms with E-state index in [0.717, 1.165) is 12.3 Å². The number of ether oxygens (including phenoxy) is 3. The number of halogens is 4. The molecule has 0 bridgehead atoms. The third kappa shape index (κ3) is 4.63. The van der Waals surface area contributed by atoms with E-state index in [4.69, 9.17) is 9.47 Å². The summed E-state index contributed by atoms with van der Waals surface area (Å²) in [7, 11) is 0. The number of esters is 2. The number of alkyl halides is 3. The van der Waals surface area contributed by atoms with Gasteiger partial charge in [0.25, 0.3) is 5.79 Å². The standard InChI is InChI=1S/C14H11BrF3NO5/c1-13(2)23-11(20)8(12(21)24-13)6-19-7-3-4-10(9(15)5-7)22-14(16,17)18/h3-6,19H,1-2H3. The zero-order valence-electron chi connectivity index (χ0n) is 12.4. The number of hydrogen-bond donors (Lipinski definition) is 1. The van der Waals surface area contributed by atoms with Gasteiger partial charge in [-0.25, -0.2) is 9.59 Å². The van der Waals surface area contributed by atoms with Crippen LogP contribution in [0.5, 0.6) is 5.75 Å². The molecular formula is C14H11BrF3NO5. The van der Waals surface area contributed by atoms with Crippen LogP contribution in [0, 0.1) is 0 Å². The second-order valence-corrected chi connectivity index (χ2v) is 5.93. The molecule has 6 nitrogen and oxygen atoms in total. The first-order chi connectivity index (χ1) is 11.0. The van der Waals surface area contributed by atoms with Crippen molar-refractivity contribution >= 4 is 33.6 Å². The molecule has 1 aromatic rings. The number of carbonyl (C=O) groups excluding carboxylic acids is 2. The van der Waals surface area contributed by atoms with E-state index in [1.54, 1.807) is 0 Å². The second kappa shape index (κ2) is 6.34. The van der Waals surface area contributed by atoms with Gasteiger partial charge in [0.2, 0.25) is 0 Å². The Morgan fingerprint density at radius 3 is 2.29 bits per heavy atom. The monoisotopic (exact) mass is 409 g/mol. The molecule has 1 N–H and O–H groups in total. The van der Waals surface area contributed by atoms with E-state index in [-0.39, 0.29) is 10.0 Å². The molecule has 0 atom stereocenters. The Labute approximate surface area is 142 Å². The van der Waals surface area contributed by atoms with Gasteiger partial charge in [0.15, 0.2) is 5.57 Å². The van der Waals surface area contributed by atoms with E-state index < -0.39 is 29.8 Å². The topological polar surface area (TPSA) is 73.9 Å². The predicted octanol–water partition coefficient (Wildman–Crippen LogP) is 3.48. The van der Waals surface area contributed by atoms with Crippen LogP contribution in [0.3, 0.4) is 0 Å². The van der Waals surface area contributed by atoms with Crippen molar-refractivity contribution in [3.05, 3.63) is 34.4 Å². The van der Waals surface area contributed by atoms with Gasteiger partial charge in [-0.1, -0.05) is 0 Å². The Morgan fingerprint density at radius 1 is 1.21 bits per heavy atom. The Balaban J connectivity index is 2.13. The zero-order chi connectivity index (χ0) is 18.1. The van der Waals surface area contributed by atoms with Gasteiger partial charge in [-0.2, -0.15) is 0 Å². The minimum Gasteiger partial charge on any atom is -0.419 e. The van der Waals surface area contributed by atoms with Crippen LogP contribution in [0.25, 0.3) is 0 Å². The summed E-state index contributed by atoms with van der Waals surface area (Å²) in [5.74, 6) is -3.54. The van der Waals surface area contributed by atoms with Gasteiger partial charge in [0.1, 0.15) is 5.75 Å². The lowest BCUT2D eigenvalue weighted by Gasteiger charge is -2.29. The third-order valence-electron chi connectivity index (χ3n) is 2.66. The molecule has 0 radical (unpaired) electrons. The molecule has 1 saturated heterocycles.